The predicted molar refractivity (Wildman–Crippen MR) is 61.1 cm³/mol. The molecule has 0 heterocycles. The molecule has 92 valence electrons. The number of hydrogen-bond acceptors (Lipinski definition) is 4. The lowest BCUT2D eigenvalue weighted by molar-refractivity contribution is -0.0132. The van der Waals surface area contributed by atoms with Crippen LogP contribution in [-0.2, 0) is 9.47 Å². The first-order valence-electron chi connectivity index (χ1n) is 5.78. The number of hydrogen-bond donors (Lipinski definition) is 2. The van der Waals surface area contributed by atoms with Crippen LogP contribution in [-0.4, -0.2) is 50.2 Å². The van der Waals surface area contributed by atoms with E-state index in [9.17, 15) is 0 Å². The molecule has 0 saturated heterocycles. The first-order chi connectivity index (χ1) is 7.24. The molecule has 2 atom stereocenters. The summed E-state index contributed by atoms with van der Waals surface area (Å²) in [7, 11) is 0. The summed E-state index contributed by atoms with van der Waals surface area (Å²) in [5, 5.41) is 12.1. The van der Waals surface area contributed by atoms with Crippen molar-refractivity contribution in [1.82, 2.24) is 5.32 Å². The van der Waals surface area contributed by atoms with Gasteiger partial charge in [-0.1, -0.05) is 6.92 Å². The van der Waals surface area contributed by atoms with Crippen LogP contribution in [0.1, 0.15) is 27.2 Å². The van der Waals surface area contributed by atoms with Gasteiger partial charge in [0.2, 0.25) is 0 Å². The van der Waals surface area contributed by atoms with Crippen molar-refractivity contribution in [2.24, 2.45) is 0 Å². The summed E-state index contributed by atoms with van der Waals surface area (Å²) in [6.07, 6.45) is 0.847. The van der Waals surface area contributed by atoms with Crippen molar-refractivity contribution in [2.45, 2.75) is 39.3 Å². The number of ether oxygens (including phenoxy) is 2. The van der Waals surface area contributed by atoms with Gasteiger partial charge in [-0.2, -0.15) is 0 Å². The quantitative estimate of drug-likeness (QED) is 0.570. The van der Waals surface area contributed by atoms with Crippen molar-refractivity contribution >= 4 is 0 Å². The van der Waals surface area contributed by atoms with Crippen LogP contribution >= 0.6 is 0 Å². The standard InChI is InChI=1S/C11H25NO3/c1-4-12-11(6-7-13)9-15-10(3)8-14-5-2/h10-13H,4-9H2,1-3H3. The van der Waals surface area contributed by atoms with E-state index in [0.29, 0.717) is 13.2 Å². The Morgan fingerprint density at radius 3 is 2.53 bits per heavy atom. The Labute approximate surface area is 93.0 Å². The number of aliphatic hydroxyl groups is 1. The highest BCUT2D eigenvalue weighted by Gasteiger charge is 2.09. The summed E-state index contributed by atoms with van der Waals surface area (Å²) in [5.41, 5.74) is 0. The third kappa shape index (κ3) is 8.81. The van der Waals surface area contributed by atoms with Crippen molar-refractivity contribution in [3.05, 3.63) is 0 Å². The first kappa shape index (κ1) is 14.8. The minimum atomic E-state index is 0.116. The Bertz CT molecular complexity index is 127. The molecule has 2 N–H and O–H groups in total. The molecule has 0 rings (SSSR count). The van der Waals surface area contributed by atoms with E-state index in [2.05, 4.69) is 5.32 Å². The van der Waals surface area contributed by atoms with Crippen molar-refractivity contribution in [2.75, 3.05) is 33.0 Å². The van der Waals surface area contributed by atoms with E-state index in [1.54, 1.807) is 0 Å². The molecule has 0 saturated carbocycles. The highest BCUT2D eigenvalue weighted by molar-refractivity contribution is 4.65. The zero-order valence-corrected chi connectivity index (χ0v) is 10.2. The van der Waals surface area contributed by atoms with E-state index < -0.39 is 0 Å². The van der Waals surface area contributed by atoms with Gasteiger partial charge in [0, 0.05) is 19.3 Å². The predicted octanol–water partition coefficient (Wildman–Crippen LogP) is 0.788. The van der Waals surface area contributed by atoms with Gasteiger partial charge in [0.25, 0.3) is 0 Å². The smallest absolute Gasteiger partial charge is 0.0781 e. The maximum Gasteiger partial charge on any atom is 0.0781 e. The molecule has 0 radical (unpaired) electrons. The monoisotopic (exact) mass is 219 g/mol. The number of aliphatic hydroxyl groups excluding tert-OH is 1. The van der Waals surface area contributed by atoms with Crippen LogP contribution in [0.5, 0.6) is 0 Å². The van der Waals surface area contributed by atoms with E-state index >= 15 is 0 Å². The molecule has 0 amide bonds. The van der Waals surface area contributed by atoms with E-state index in [1.807, 2.05) is 20.8 Å². The Kier molecular flexibility index (Phi) is 10.3. The first-order valence-corrected chi connectivity index (χ1v) is 5.78. The molecule has 4 heteroatoms. The second-order valence-corrected chi connectivity index (χ2v) is 3.57. The summed E-state index contributed by atoms with van der Waals surface area (Å²) in [6, 6.07) is 0.240. The van der Waals surface area contributed by atoms with Gasteiger partial charge in [-0.3, -0.25) is 0 Å². The molecule has 0 spiro atoms. The topological polar surface area (TPSA) is 50.7 Å². The van der Waals surface area contributed by atoms with Gasteiger partial charge in [0.15, 0.2) is 0 Å². The maximum absolute atomic E-state index is 8.85. The van der Waals surface area contributed by atoms with Gasteiger partial charge in [0.1, 0.15) is 0 Å². The van der Waals surface area contributed by atoms with Gasteiger partial charge < -0.3 is 19.9 Å². The average molecular weight is 219 g/mol. The third-order valence-electron chi connectivity index (χ3n) is 2.11. The maximum atomic E-state index is 8.85. The van der Waals surface area contributed by atoms with Crippen LogP contribution in [0.2, 0.25) is 0 Å². The molecule has 0 aromatic rings. The lowest BCUT2D eigenvalue weighted by Crippen LogP contribution is -2.36. The van der Waals surface area contributed by atoms with Crippen LogP contribution in [0.4, 0.5) is 0 Å². The van der Waals surface area contributed by atoms with Gasteiger partial charge in [-0.15, -0.1) is 0 Å². The third-order valence-corrected chi connectivity index (χ3v) is 2.11. The highest BCUT2D eigenvalue weighted by Crippen LogP contribution is 1.97. The van der Waals surface area contributed by atoms with Crippen molar-refractivity contribution in [3.63, 3.8) is 0 Å². The summed E-state index contributed by atoms with van der Waals surface area (Å²) in [5.74, 6) is 0. The molecule has 0 aliphatic carbocycles. The van der Waals surface area contributed by atoms with E-state index in [-0.39, 0.29) is 18.8 Å². The number of likely N-dealkylation sites (N-methyl/N-ethyl adjacent to an activating group) is 1. The molecule has 0 aliphatic rings. The molecule has 0 bridgehead atoms. The Balaban J connectivity index is 3.57. The normalized spacial score (nSPS) is 15.2. The fourth-order valence-corrected chi connectivity index (χ4v) is 1.30. The summed E-state index contributed by atoms with van der Waals surface area (Å²) in [4.78, 5) is 0. The van der Waals surface area contributed by atoms with E-state index in [4.69, 9.17) is 14.6 Å². The highest BCUT2D eigenvalue weighted by atomic mass is 16.5. The van der Waals surface area contributed by atoms with Crippen molar-refractivity contribution in [3.8, 4) is 0 Å². The molecule has 0 fully saturated rings. The zero-order valence-electron chi connectivity index (χ0n) is 10.2. The molecular weight excluding hydrogens is 194 g/mol. The Morgan fingerprint density at radius 2 is 2.00 bits per heavy atom. The lowest BCUT2D eigenvalue weighted by atomic mass is 10.2. The van der Waals surface area contributed by atoms with Crippen LogP contribution in [0.15, 0.2) is 0 Å². The van der Waals surface area contributed by atoms with Crippen LogP contribution in [0.3, 0.4) is 0 Å². The minimum absolute atomic E-state index is 0.116. The SMILES string of the molecule is CCNC(CCO)COC(C)COCC. The number of nitrogens with one attached hydrogen (secondary N) is 1. The minimum Gasteiger partial charge on any atom is -0.396 e. The molecular formula is C11H25NO3. The summed E-state index contributed by atoms with van der Waals surface area (Å²) >= 11 is 0. The molecule has 0 aromatic heterocycles. The van der Waals surface area contributed by atoms with E-state index in [0.717, 1.165) is 19.6 Å². The van der Waals surface area contributed by atoms with Gasteiger partial charge in [-0.05, 0) is 26.8 Å². The van der Waals surface area contributed by atoms with Crippen LogP contribution < -0.4 is 5.32 Å². The van der Waals surface area contributed by atoms with Gasteiger partial charge >= 0.3 is 0 Å². The second kappa shape index (κ2) is 10.4. The number of rotatable bonds is 10. The fourth-order valence-electron chi connectivity index (χ4n) is 1.30. The average Bonchev–Trinajstić information content (AvgIpc) is 2.23. The van der Waals surface area contributed by atoms with Crippen molar-refractivity contribution < 1.29 is 14.6 Å². The summed E-state index contributed by atoms with van der Waals surface area (Å²) in [6.45, 7) is 9.10. The van der Waals surface area contributed by atoms with E-state index in [1.165, 1.54) is 0 Å². The largest absolute Gasteiger partial charge is 0.396 e. The molecule has 4 nitrogen and oxygen atoms in total. The Morgan fingerprint density at radius 1 is 1.27 bits per heavy atom. The Hall–Kier alpha value is -0.160. The second-order valence-electron chi connectivity index (χ2n) is 3.57. The van der Waals surface area contributed by atoms with Crippen LogP contribution in [0.25, 0.3) is 0 Å². The fraction of sp³-hybridized carbons (Fsp3) is 1.00. The van der Waals surface area contributed by atoms with Gasteiger partial charge in [-0.25, -0.2) is 0 Å². The van der Waals surface area contributed by atoms with Gasteiger partial charge in [0.05, 0.1) is 19.3 Å². The van der Waals surface area contributed by atoms with Crippen molar-refractivity contribution in [1.29, 1.82) is 0 Å². The van der Waals surface area contributed by atoms with Crippen LogP contribution in [0, 0.1) is 0 Å². The molecule has 15 heavy (non-hydrogen) atoms. The zero-order chi connectivity index (χ0) is 11.5. The summed E-state index contributed by atoms with van der Waals surface area (Å²) < 4.78 is 10.9. The molecule has 0 aromatic carbocycles. The molecule has 2 unspecified atom stereocenters. The molecule has 0 aliphatic heterocycles. The lowest BCUT2D eigenvalue weighted by Gasteiger charge is -2.20.